The molecule has 1 aliphatic heterocycles. The highest BCUT2D eigenvalue weighted by Crippen LogP contribution is 2.35. The van der Waals surface area contributed by atoms with E-state index in [2.05, 4.69) is 25.5 Å². The summed E-state index contributed by atoms with van der Waals surface area (Å²) in [7, 11) is 1.98. The van der Waals surface area contributed by atoms with E-state index in [4.69, 9.17) is 5.73 Å². The van der Waals surface area contributed by atoms with Gasteiger partial charge in [0.15, 0.2) is 0 Å². The summed E-state index contributed by atoms with van der Waals surface area (Å²) in [6.45, 7) is 1.35. The standard InChI is InChI=1S/C21H28N8O4/c1-27(15-7-3-2-4-8-15)11-6-10-23-19-18(29(32)33)20(26-14-25-19)28-12-5-9-16(28)21(31)24-13-17(22)30/h2-4,7-8,14,16H,5-6,9-13H2,1H3,(H2,22,30)(H,24,31)(H,23,25,26). The van der Waals surface area contributed by atoms with E-state index in [0.717, 1.165) is 18.7 Å². The van der Waals surface area contributed by atoms with Crippen LogP contribution in [0.5, 0.6) is 0 Å². The predicted molar refractivity (Wildman–Crippen MR) is 124 cm³/mol. The highest BCUT2D eigenvalue weighted by atomic mass is 16.6. The van der Waals surface area contributed by atoms with Gasteiger partial charge in [-0.3, -0.25) is 19.7 Å². The van der Waals surface area contributed by atoms with Gasteiger partial charge in [-0.15, -0.1) is 0 Å². The summed E-state index contributed by atoms with van der Waals surface area (Å²) in [5.41, 5.74) is 5.90. The van der Waals surface area contributed by atoms with Crippen LogP contribution in [0, 0.1) is 10.1 Å². The Bertz CT molecular complexity index is 987. The lowest BCUT2D eigenvalue weighted by Gasteiger charge is -2.24. The van der Waals surface area contributed by atoms with Crippen LogP contribution in [0.3, 0.4) is 0 Å². The quantitative estimate of drug-likeness (QED) is 0.253. The maximum atomic E-state index is 12.5. The fraction of sp³-hybridized carbons (Fsp3) is 0.429. The summed E-state index contributed by atoms with van der Waals surface area (Å²) in [4.78, 5) is 46.7. The summed E-state index contributed by atoms with van der Waals surface area (Å²) < 4.78 is 0. The molecule has 2 amide bonds. The Hall–Kier alpha value is -3.96. The molecule has 1 unspecified atom stereocenters. The molecule has 12 nitrogen and oxygen atoms in total. The molecule has 1 saturated heterocycles. The normalized spacial score (nSPS) is 15.2. The average molecular weight is 457 g/mol. The number of para-hydroxylation sites is 1. The zero-order valence-electron chi connectivity index (χ0n) is 18.4. The van der Waals surface area contributed by atoms with Crippen molar-refractivity contribution in [2.45, 2.75) is 25.3 Å². The molecule has 0 spiro atoms. The summed E-state index contributed by atoms with van der Waals surface area (Å²) in [5.74, 6) is -0.894. The van der Waals surface area contributed by atoms with E-state index in [1.54, 1.807) is 4.90 Å². The summed E-state index contributed by atoms with van der Waals surface area (Å²) in [5, 5.41) is 17.4. The van der Waals surface area contributed by atoms with Crippen LogP contribution in [0.1, 0.15) is 19.3 Å². The number of anilines is 3. The van der Waals surface area contributed by atoms with Gasteiger partial charge in [-0.2, -0.15) is 0 Å². The molecule has 1 aliphatic rings. The summed E-state index contributed by atoms with van der Waals surface area (Å²) in [6, 6.07) is 9.25. The van der Waals surface area contributed by atoms with E-state index in [9.17, 15) is 19.7 Å². The minimum Gasteiger partial charge on any atom is -0.375 e. The van der Waals surface area contributed by atoms with Gasteiger partial charge in [0.25, 0.3) is 0 Å². The topological polar surface area (TPSA) is 160 Å². The molecular formula is C21H28N8O4. The molecule has 1 aromatic carbocycles. The van der Waals surface area contributed by atoms with Crippen molar-refractivity contribution in [3.05, 3.63) is 46.8 Å². The van der Waals surface area contributed by atoms with E-state index in [0.29, 0.717) is 25.9 Å². The molecule has 2 aromatic rings. The van der Waals surface area contributed by atoms with Crippen molar-refractivity contribution in [2.24, 2.45) is 5.73 Å². The van der Waals surface area contributed by atoms with Crippen molar-refractivity contribution in [1.82, 2.24) is 15.3 Å². The molecule has 12 heteroatoms. The minimum atomic E-state index is -0.676. The van der Waals surface area contributed by atoms with Crippen LogP contribution in [0.4, 0.5) is 23.0 Å². The number of aromatic nitrogens is 2. The minimum absolute atomic E-state index is 0.0793. The molecule has 1 atom stereocenters. The first-order chi connectivity index (χ1) is 15.9. The van der Waals surface area contributed by atoms with Gasteiger partial charge >= 0.3 is 5.69 Å². The van der Waals surface area contributed by atoms with E-state index in [1.165, 1.54) is 6.33 Å². The maximum absolute atomic E-state index is 12.5. The molecule has 1 aromatic heterocycles. The number of amides is 2. The predicted octanol–water partition coefficient (Wildman–Crippen LogP) is 0.894. The Balaban J connectivity index is 1.68. The SMILES string of the molecule is CN(CCCNc1ncnc(N2CCCC2C(=O)NCC(N)=O)c1[N+](=O)[O-])c1ccccc1. The van der Waals surface area contributed by atoms with Crippen molar-refractivity contribution in [3.8, 4) is 0 Å². The smallest absolute Gasteiger partial charge is 0.353 e. The third kappa shape index (κ3) is 6.05. The maximum Gasteiger partial charge on any atom is 0.353 e. The van der Waals surface area contributed by atoms with Crippen molar-refractivity contribution in [3.63, 3.8) is 0 Å². The monoisotopic (exact) mass is 456 g/mol. The second-order valence-corrected chi connectivity index (χ2v) is 7.72. The van der Waals surface area contributed by atoms with E-state index >= 15 is 0 Å². The highest BCUT2D eigenvalue weighted by Gasteiger charge is 2.37. The van der Waals surface area contributed by atoms with Crippen molar-refractivity contribution >= 4 is 34.8 Å². The van der Waals surface area contributed by atoms with Crippen LogP contribution < -0.4 is 26.2 Å². The second kappa shape index (κ2) is 11.1. The number of rotatable bonds is 11. The van der Waals surface area contributed by atoms with Crippen LogP contribution in [0.2, 0.25) is 0 Å². The number of nitrogens with two attached hydrogens (primary N) is 1. The third-order valence-electron chi connectivity index (χ3n) is 5.41. The van der Waals surface area contributed by atoms with Crippen LogP contribution in [-0.4, -0.2) is 66.0 Å². The first kappa shape index (κ1) is 23.7. The Morgan fingerprint density at radius 3 is 2.76 bits per heavy atom. The number of carbonyl (C=O) groups is 2. The largest absolute Gasteiger partial charge is 0.375 e. The summed E-state index contributed by atoms with van der Waals surface area (Å²) in [6.07, 6.45) is 3.12. The van der Waals surface area contributed by atoms with Crippen molar-refractivity contribution in [1.29, 1.82) is 0 Å². The van der Waals surface area contributed by atoms with Gasteiger partial charge in [-0.05, 0) is 31.4 Å². The second-order valence-electron chi connectivity index (χ2n) is 7.72. The number of primary amides is 1. The Morgan fingerprint density at radius 1 is 1.30 bits per heavy atom. The van der Waals surface area contributed by atoms with Gasteiger partial charge in [0, 0.05) is 32.4 Å². The Kier molecular flexibility index (Phi) is 7.95. The molecule has 1 fully saturated rings. The lowest BCUT2D eigenvalue weighted by molar-refractivity contribution is -0.383. The number of benzene rings is 1. The molecule has 2 heterocycles. The molecule has 33 heavy (non-hydrogen) atoms. The van der Waals surface area contributed by atoms with Crippen LogP contribution in [0.15, 0.2) is 36.7 Å². The van der Waals surface area contributed by atoms with Crippen LogP contribution in [0.25, 0.3) is 0 Å². The fourth-order valence-corrected chi connectivity index (χ4v) is 3.80. The first-order valence-electron chi connectivity index (χ1n) is 10.7. The van der Waals surface area contributed by atoms with Gasteiger partial charge in [-0.25, -0.2) is 9.97 Å². The third-order valence-corrected chi connectivity index (χ3v) is 5.41. The van der Waals surface area contributed by atoms with E-state index in [1.807, 2.05) is 37.4 Å². The van der Waals surface area contributed by atoms with Gasteiger partial charge in [-0.1, -0.05) is 18.2 Å². The molecule has 0 radical (unpaired) electrons. The van der Waals surface area contributed by atoms with Gasteiger partial charge < -0.3 is 26.2 Å². The number of nitro groups is 1. The van der Waals surface area contributed by atoms with E-state index < -0.39 is 22.8 Å². The van der Waals surface area contributed by atoms with Crippen molar-refractivity contribution in [2.75, 3.05) is 48.3 Å². The first-order valence-corrected chi connectivity index (χ1v) is 10.7. The van der Waals surface area contributed by atoms with E-state index in [-0.39, 0.29) is 23.9 Å². The number of hydrogen-bond donors (Lipinski definition) is 3. The molecule has 0 aliphatic carbocycles. The molecule has 176 valence electrons. The average Bonchev–Trinajstić information content (AvgIpc) is 3.30. The molecule has 4 N–H and O–H groups in total. The number of nitrogens with one attached hydrogen (secondary N) is 2. The Labute approximate surface area is 191 Å². The zero-order valence-corrected chi connectivity index (χ0v) is 18.4. The van der Waals surface area contributed by atoms with Crippen molar-refractivity contribution < 1.29 is 14.5 Å². The highest BCUT2D eigenvalue weighted by molar-refractivity contribution is 5.90. The lowest BCUT2D eigenvalue weighted by Crippen LogP contribution is -2.46. The lowest BCUT2D eigenvalue weighted by atomic mass is 10.2. The molecular weight excluding hydrogens is 428 g/mol. The number of nitrogens with zero attached hydrogens (tertiary/aromatic N) is 5. The molecule has 3 rings (SSSR count). The van der Waals surface area contributed by atoms with Gasteiger partial charge in [0.1, 0.15) is 12.4 Å². The van der Waals surface area contributed by atoms with Gasteiger partial charge in [0.2, 0.25) is 23.5 Å². The van der Waals surface area contributed by atoms with Gasteiger partial charge in [0.05, 0.1) is 11.5 Å². The fourth-order valence-electron chi connectivity index (χ4n) is 3.80. The molecule has 0 bridgehead atoms. The Morgan fingerprint density at radius 2 is 2.06 bits per heavy atom. The summed E-state index contributed by atoms with van der Waals surface area (Å²) >= 11 is 0. The van der Waals surface area contributed by atoms with Crippen LogP contribution in [-0.2, 0) is 9.59 Å². The number of carbonyl (C=O) groups excluding carboxylic acids is 2. The van der Waals surface area contributed by atoms with Crippen LogP contribution >= 0.6 is 0 Å². The number of hydrogen-bond acceptors (Lipinski definition) is 9. The molecule has 0 saturated carbocycles. The zero-order chi connectivity index (χ0) is 23.8.